The van der Waals surface area contributed by atoms with Crippen LogP contribution in [0.4, 0.5) is 0 Å². The molecule has 1 aliphatic rings. The van der Waals surface area contributed by atoms with E-state index in [9.17, 15) is 4.79 Å². The molecule has 0 saturated carbocycles. The molecule has 0 aromatic carbocycles. The SMILES string of the molecule is CCNC(=NCC(CC(C)C)N(C)C)NC1CCN(C(=O)C(C)C)C1. The van der Waals surface area contributed by atoms with Crippen LogP contribution in [0, 0.1) is 11.8 Å². The molecule has 0 spiro atoms. The molecule has 0 aromatic rings. The molecule has 2 atom stereocenters. The van der Waals surface area contributed by atoms with Crippen LogP contribution in [0.5, 0.6) is 0 Å². The first-order chi connectivity index (χ1) is 11.7. The fourth-order valence-corrected chi connectivity index (χ4v) is 3.15. The van der Waals surface area contributed by atoms with Crippen LogP contribution in [0.2, 0.25) is 0 Å². The normalized spacial score (nSPS) is 19.8. The molecule has 1 saturated heterocycles. The van der Waals surface area contributed by atoms with Gasteiger partial charge < -0.3 is 20.4 Å². The first-order valence-electron chi connectivity index (χ1n) is 9.74. The number of hydrogen-bond acceptors (Lipinski definition) is 3. The average molecular weight is 354 g/mol. The summed E-state index contributed by atoms with van der Waals surface area (Å²) in [6.07, 6.45) is 2.11. The average Bonchev–Trinajstić information content (AvgIpc) is 2.98. The van der Waals surface area contributed by atoms with Crippen molar-refractivity contribution in [2.75, 3.05) is 40.3 Å². The molecule has 1 rings (SSSR count). The molecule has 0 aliphatic carbocycles. The number of rotatable bonds is 8. The molecule has 2 unspecified atom stereocenters. The van der Waals surface area contributed by atoms with Crippen LogP contribution < -0.4 is 10.6 Å². The van der Waals surface area contributed by atoms with E-state index in [4.69, 9.17) is 4.99 Å². The van der Waals surface area contributed by atoms with E-state index in [0.717, 1.165) is 45.0 Å². The number of likely N-dealkylation sites (N-methyl/N-ethyl adjacent to an activating group) is 1. The van der Waals surface area contributed by atoms with Crippen LogP contribution >= 0.6 is 0 Å². The zero-order valence-electron chi connectivity index (χ0n) is 17.3. The van der Waals surface area contributed by atoms with Crippen LogP contribution in [0.3, 0.4) is 0 Å². The Hall–Kier alpha value is -1.30. The van der Waals surface area contributed by atoms with Gasteiger partial charge in [-0.25, -0.2) is 0 Å². The molecule has 1 aliphatic heterocycles. The number of carbonyl (C=O) groups is 1. The summed E-state index contributed by atoms with van der Waals surface area (Å²) < 4.78 is 0. The van der Waals surface area contributed by atoms with E-state index in [-0.39, 0.29) is 17.9 Å². The predicted octanol–water partition coefficient (Wildman–Crippen LogP) is 1.77. The minimum atomic E-state index is 0.0672. The molecule has 1 amide bonds. The Kier molecular flexibility index (Phi) is 9.25. The van der Waals surface area contributed by atoms with Gasteiger partial charge >= 0.3 is 0 Å². The third-order valence-corrected chi connectivity index (χ3v) is 4.61. The summed E-state index contributed by atoms with van der Waals surface area (Å²) in [5.74, 6) is 1.83. The lowest BCUT2D eigenvalue weighted by atomic mass is 10.0. The summed E-state index contributed by atoms with van der Waals surface area (Å²) in [5.41, 5.74) is 0. The standard InChI is InChI=1S/C19H39N5O/c1-8-20-19(21-12-17(23(6)7)11-14(2)3)22-16-9-10-24(13-16)18(25)15(4)5/h14-17H,8-13H2,1-7H3,(H2,20,21,22). The van der Waals surface area contributed by atoms with Crippen LogP contribution in [0.25, 0.3) is 0 Å². The topological polar surface area (TPSA) is 60.0 Å². The second-order valence-electron chi connectivity index (χ2n) is 8.04. The van der Waals surface area contributed by atoms with Gasteiger partial charge in [-0.05, 0) is 39.8 Å². The molecule has 25 heavy (non-hydrogen) atoms. The van der Waals surface area contributed by atoms with Crippen LogP contribution in [0.15, 0.2) is 4.99 Å². The van der Waals surface area contributed by atoms with Gasteiger partial charge in [0.05, 0.1) is 6.54 Å². The summed E-state index contributed by atoms with van der Waals surface area (Å²) in [7, 11) is 4.24. The second kappa shape index (κ2) is 10.6. The quantitative estimate of drug-likeness (QED) is 0.516. The van der Waals surface area contributed by atoms with Gasteiger partial charge in [0.1, 0.15) is 0 Å². The summed E-state index contributed by atoms with van der Waals surface area (Å²) in [4.78, 5) is 21.2. The van der Waals surface area contributed by atoms with E-state index in [2.05, 4.69) is 50.4 Å². The minimum Gasteiger partial charge on any atom is -0.357 e. The highest BCUT2D eigenvalue weighted by Gasteiger charge is 2.28. The molecule has 6 nitrogen and oxygen atoms in total. The number of amides is 1. The van der Waals surface area contributed by atoms with Crippen LogP contribution in [-0.4, -0.2) is 74.0 Å². The van der Waals surface area contributed by atoms with E-state index >= 15 is 0 Å². The molecular formula is C19H39N5O. The van der Waals surface area contributed by atoms with Gasteiger partial charge in [-0.3, -0.25) is 9.79 Å². The molecule has 2 N–H and O–H groups in total. The smallest absolute Gasteiger partial charge is 0.225 e. The summed E-state index contributed by atoms with van der Waals surface area (Å²) in [6, 6.07) is 0.724. The zero-order valence-corrected chi connectivity index (χ0v) is 17.3. The van der Waals surface area contributed by atoms with Crippen molar-refractivity contribution in [2.45, 2.75) is 59.5 Å². The molecule has 0 bridgehead atoms. The Morgan fingerprint density at radius 2 is 1.96 bits per heavy atom. The van der Waals surface area contributed by atoms with E-state index in [1.165, 1.54) is 0 Å². The van der Waals surface area contributed by atoms with Gasteiger partial charge in [-0.15, -0.1) is 0 Å². The number of nitrogens with one attached hydrogen (secondary N) is 2. The maximum Gasteiger partial charge on any atom is 0.225 e. The van der Waals surface area contributed by atoms with Gasteiger partial charge in [-0.1, -0.05) is 27.7 Å². The predicted molar refractivity (Wildman–Crippen MR) is 106 cm³/mol. The number of hydrogen-bond donors (Lipinski definition) is 2. The summed E-state index contributed by atoms with van der Waals surface area (Å²) in [6.45, 7) is 13.7. The first-order valence-corrected chi connectivity index (χ1v) is 9.74. The molecule has 6 heteroatoms. The van der Waals surface area contributed by atoms with E-state index in [0.29, 0.717) is 12.0 Å². The third kappa shape index (κ3) is 7.63. The van der Waals surface area contributed by atoms with Crippen molar-refractivity contribution in [3.63, 3.8) is 0 Å². The minimum absolute atomic E-state index is 0.0672. The van der Waals surface area contributed by atoms with Crippen molar-refractivity contribution in [1.82, 2.24) is 20.4 Å². The molecule has 1 fully saturated rings. The van der Waals surface area contributed by atoms with Gasteiger partial charge in [0.15, 0.2) is 5.96 Å². The van der Waals surface area contributed by atoms with Crippen LogP contribution in [-0.2, 0) is 4.79 Å². The highest BCUT2D eigenvalue weighted by molar-refractivity contribution is 5.81. The lowest BCUT2D eigenvalue weighted by Crippen LogP contribution is -2.46. The monoisotopic (exact) mass is 353 g/mol. The number of aliphatic imine (C=N–C) groups is 1. The Balaban J connectivity index is 2.63. The molecule has 146 valence electrons. The highest BCUT2D eigenvalue weighted by atomic mass is 16.2. The Bertz CT molecular complexity index is 434. The van der Waals surface area contributed by atoms with E-state index in [1.807, 2.05) is 18.7 Å². The molecule has 0 radical (unpaired) electrons. The zero-order chi connectivity index (χ0) is 19.0. The van der Waals surface area contributed by atoms with E-state index < -0.39 is 0 Å². The number of carbonyl (C=O) groups excluding carboxylic acids is 1. The van der Waals surface area contributed by atoms with Gasteiger partial charge in [0.2, 0.25) is 5.91 Å². The van der Waals surface area contributed by atoms with Crippen molar-refractivity contribution < 1.29 is 4.79 Å². The Morgan fingerprint density at radius 1 is 1.28 bits per heavy atom. The fraction of sp³-hybridized carbons (Fsp3) is 0.895. The van der Waals surface area contributed by atoms with Crippen molar-refractivity contribution >= 4 is 11.9 Å². The molecule has 1 heterocycles. The Labute approximate surface area is 154 Å². The van der Waals surface area contributed by atoms with Crippen molar-refractivity contribution in [2.24, 2.45) is 16.8 Å². The fourth-order valence-electron chi connectivity index (χ4n) is 3.15. The first kappa shape index (κ1) is 21.7. The third-order valence-electron chi connectivity index (χ3n) is 4.61. The van der Waals surface area contributed by atoms with Gasteiger partial charge in [-0.2, -0.15) is 0 Å². The van der Waals surface area contributed by atoms with Crippen LogP contribution in [0.1, 0.15) is 47.5 Å². The largest absolute Gasteiger partial charge is 0.357 e. The maximum absolute atomic E-state index is 12.1. The lowest BCUT2D eigenvalue weighted by Gasteiger charge is -2.25. The molecule has 0 aromatic heterocycles. The number of guanidine groups is 1. The lowest BCUT2D eigenvalue weighted by molar-refractivity contribution is -0.133. The number of likely N-dealkylation sites (tertiary alicyclic amines) is 1. The van der Waals surface area contributed by atoms with E-state index in [1.54, 1.807) is 0 Å². The number of nitrogens with zero attached hydrogens (tertiary/aromatic N) is 3. The van der Waals surface area contributed by atoms with Gasteiger partial charge in [0, 0.05) is 37.6 Å². The Morgan fingerprint density at radius 3 is 2.48 bits per heavy atom. The van der Waals surface area contributed by atoms with Crippen molar-refractivity contribution in [1.29, 1.82) is 0 Å². The second-order valence-corrected chi connectivity index (χ2v) is 8.04. The van der Waals surface area contributed by atoms with Crippen molar-refractivity contribution in [3.05, 3.63) is 0 Å². The van der Waals surface area contributed by atoms with Gasteiger partial charge in [0.25, 0.3) is 0 Å². The summed E-state index contributed by atoms with van der Waals surface area (Å²) in [5, 5.41) is 6.86. The maximum atomic E-state index is 12.1. The van der Waals surface area contributed by atoms with Crippen molar-refractivity contribution in [3.8, 4) is 0 Å². The molecular weight excluding hydrogens is 314 g/mol. The highest BCUT2D eigenvalue weighted by Crippen LogP contribution is 2.13. The summed E-state index contributed by atoms with van der Waals surface area (Å²) >= 11 is 0.